The Balaban J connectivity index is 1.51. The van der Waals surface area contributed by atoms with E-state index in [2.05, 4.69) is 5.32 Å². The summed E-state index contributed by atoms with van der Waals surface area (Å²) >= 11 is 0. The number of sulfonamides is 1. The van der Waals surface area contributed by atoms with E-state index < -0.39 is 15.9 Å². The molecule has 0 atom stereocenters. The number of nitrogens with one attached hydrogen (secondary N) is 1. The second kappa shape index (κ2) is 9.31. The number of carbonyl (C=O) groups excluding carboxylic acids is 1. The van der Waals surface area contributed by atoms with Gasteiger partial charge in [0, 0.05) is 24.4 Å². The van der Waals surface area contributed by atoms with Crippen LogP contribution in [0.25, 0.3) is 16.9 Å². The van der Waals surface area contributed by atoms with Crippen molar-refractivity contribution in [3.63, 3.8) is 0 Å². The molecule has 1 amide bonds. The summed E-state index contributed by atoms with van der Waals surface area (Å²) in [6.07, 6.45) is 1.86. The predicted octanol–water partition coefficient (Wildman–Crippen LogP) is 5.39. The number of imidazole rings is 1. The minimum atomic E-state index is -3.86. The molecule has 180 valence electrons. The molecule has 5 rings (SSSR count). The van der Waals surface area contributed by atoms with Crippen LogP contribution in [-0.2, 0) is 10.0 Å². The Morgan fingerprint density at radius 1 is 0.889 bits per heavy atom. The van der Waals surface area contributed by atoms with Gasteiger partial charge in [-0.05, 0) is 55.0 Å². The van der Waals surface area contributed by atoms with Crippen LogP contribution in [0.5, 0.6) is 0 Å². The average Bonchev–Trinajstić information content (AvgIpc) is 3.26. The standard InChI is InChI=1S/C28H24N4O3S/c1-20-16-17-32-25(18-20)29-26(21-10-5-3-6-11-21)27(32)30-28(33)22-12-9-15-24(19-22)36(34,35)31(2)23-13-7-4-8-14-23/h3-19H,1-2H3,(H,30,33). The Hall–Kier alpha value is -4.43. The summed E-state index contributed by atoms with van der Waals surface area (Å²) in [5.74, 6) is 0.0739. The number of anilines is 2. The first-order valence-corrected chi connectivity index (χ1v) is 12.8. The van der Waals surface area contributed by atoms with Gasteiger partial charge in [-0.3, -0.25) is 13.5 Å². The number of benzene rings is 3. The van der Waals surface area contributed by atoms with E-state index in [4.69, 9.17) is 4.98 Å². The second-order valence-corrected chi connectivity index (χ2v) is 10.4. The molecule has 0 saturated heterocycles. The lowest BCUT2D eigenvalue weighted by Crippen LogP contribution is -2.26. The Kier molecular flexibility index (Phi) is 6.03. The van der Waals surface area contributed by atoms with Crippen molar-refractivity contribution < 1.29 is 13.2 Å². The van der Waals surface area contributed by atoms with Gasteiger partial charge >= 0.3 is 0 Å². The first kappa shape index (κ1) is 23.3. The molecule has 5 aromatic rings. The maximum absolute atomic E-state index is 13.4. The average molecular weight is 497 g/mol. The van der Waals surface area contributed by atoms with Crippen LogP contribution in [-0.4, -0.2) is 30.8 Å². The van der Waals surface area contributed by atoms with Crippen molar-refractivity contribution in [1.29, 1.82) is 0 Å². The second-order valence-electron chi connectivity index (χ2n) is 8.40. The van der Waals surface area contributed by atoms with Crippen molar-refractivity contribution in [2.45, 2.75) is 11.8 Å². The zero-order valence-electron chi connectivity index (χ0n) is 19.8. The normalized spacial score (nSPS) is 11.4. The van der Waals surface area contributed by atoms with Gasteiger partial charge in [0.2, 0.25) is 0 Å². The molecule has 8 heteroatoms. The molecule has 2 aromatic heterocycles. The fraction of sp³-hybridized carbons (Fsp3) is 0.0714. The fourth-order valence-corrected chi connectivity index (χ4v) is 5.22. The zero-order valence-corrected chi connectivity index (χ0v) is 20.6. The van der Waals surface area contributed by atoms with Gasteiger partial charge in [0.05, 0.1) is 10.6 Å². The largest absolute Gasteiger partial charge is 0.306 e. The summed E-state index contributed by atoms with van der Waals surface area (Å²) < 4.78 is 29.5. The third-order valence-electron chi connectivity index (χ3n) is 5.94. The molecule has 0 radical (unpaired) electrons. The molecule has 0 spiro atoms. The minimum Gasteiger partial charge on any atom is -0.306 e. The van der Waals surface area contributed by atoms with Crippen LogP contribution in [0.1, 0.15) is 15.9 Å². The number of pyridine rings is 1. The first-order valence-electron chi connectivity index (χ1n) is 11.3. The fourth-order valence-electron chi connectivity index (χ4n) is 3.98. The van der Waals surface area contributed by atoms with Crippen LogP contribution in [0.3, 0.4) is 0 Å². The van der Waals surface area contributed by atoms with Gasteiger partial charge in [-0.25, -0.2) is 13.4 Å². The summed E-state index contributed by atoms with van der Waals surface area (Å²) in [7, 11) is -2.37. The van der Waals surface area contributed by atoms with Crippen molar-refractivity contribution >= 4 is 33.1 Å². The van der Waals surface area contributed by atoms with Crippen LogP contribution in [0.15, 0.2) is 108 Å². The predicted molar refractivity (Wildman–Crippen MR) is 142 cm³/mol. The van der Waals surface area contributed by atoms with Crippen molar-refractivity contribution in [2.24, 2.45) is 0 Å². The third kappa shape index (κ3) is 4.34. The molecule has 0 unspecified atom stereocenters. The van der Waals surface area contributed by atoms with E-state index in [0.29, 0.717) is 22.8 Å². The van der Waals surface area contributed by atoms with Crippen molar-refractivity contribution in [1.82, 2.24) is 9.38 Å². The molecule has 7 nitrogen and oxygen atoms in total. The highest BCUT2D eigenvalue weighted by atomic mass is 32.2. The number of amides is 1. The van der Waals surface area contributed by atoms with Gasteiger partial charge in [-0.2, -0.15) is 0 Å². The lowest BCUT2D eigenvalue weighted by molar-refractivity contribution is 0.102. The molecule has 0 aliphatic rings. The molecule has 0 aliphatic carbocycles. The van der Waals surface area contributed by atoms with Crippen LogP contribution in [0.2, 0.25) is 0 Å². The van der Waals surface area contributed by atoms with Crippen LogP contribution in [0, 0.1) is 6.92 Å². The van der Waals surface area contributed by atoms with E-state index >= 15 is 0 Å². The number of hydrogen-bond donors (Lipinski definition) is 1. The number of fused-ring (bicyclic) bond motifs is 1. The van der Waals surface area contributed by atoms with Gasteiger partial charge in [0.1, 0.15) is 17.2 Å². The van der Waals surface area contributed by atoms with E-state index in [9.17, 15) is 13.2 Å². The van der Waals surface area contributed by atoms with Gasteiger partial charge in [-0.15, -0.1) is 0 Å². The zero-order chi connectivity index (χ0) is 25.3. The van der Waals surface area contributed by atoms with Crippen LogP contribution < -0.4 is 9.62 Å². The third-order valence-corrected chi connectivity index (χ3v) is 7.72. The monoisotopic (exact) mass is 496 g/mol. The van der Waals surface area contributed by atoms with E-state index in [1.54, 1.807) is 36.4 Å². The molecule has 0 aliphatic heterocycles. The molecule has 0 fully saturated rings. The molecule has 0 bridgehead atoms. The maximum Gasteiger partial charge on any atom is 0.264 e. The van der Waals surface area contributed by atoms with Crippen molar-refractivity contribution in [2.75, 3.05) is 16.7 Å². The molecule has 0 saturated carbocycles. The van der Waals surface area contributed by atoms with Gasteiger partial charge in [-0.1, -0.05) is 54.6 Å². The topological polar surface area (TPSA) is 83.8 Å². The Bertz CT molecular complexity index is 1660. The van der Waals surface area contributed by atoms with E-state index in [1.165, 1.54) is 23.5 Å². The van der Waals surface area contributed by atoms with Crippen LogP contribution >= 0.6 is 0 Å². The lowest BCUT2D eigenvalue weighted by atomic mass is 10.1. The van der Waals surface area contributed by atoms with Gasteiger partial charge < -0.3 is 5.32 Å². The number of nitrogens with zero attached hydrogens (tertiary/aromatic N) is 3. The highest BCUT2D eigenvalue weighted by Crippen LogP contribution is 2.30. The van der Waals surface area contributed by atoms with Crippen LogP contribution in [0.4, 0.5) is 11.5 Å². The Morgan fingerprint density at radius 3 is 2.31 bits per heavy atom. The van der Waals surface area contributed by atoms with Gasteiger partial charge in [0.15, 0.2) is 0 Å². The molecule has 36 heavy (non-hydrogen) atoms. The van der Waals surface area contributed by atoms with E-state index in [0.717, 1.165) is 11.1 Å². The summed E-state index contributed by atoms with van der Waals surface area (Å²) in [4.78, 5) is 18.1. The minimum absolute atomic E-state index is 0.0264. The number of para-hydroxylation sites is 1. The van der Waals surface area contributed by atoms with E-state index in [1.807, 2.05) is 66.1 Å². The smallest absolute Gasteiger partial charge is 0.264 e. The number of aromatic nitrogens is 2. The number of carbonyl (C=O) groups is 1. The van der Waals surface area contributed by atoms with Crippen molar-refractivity contribution in [3.8, 4) is 11.3 Å². The van der Waals surface area contributed by atoms with Crippen molar-refractivity contribution in [3.05, 3.63) is 114 Å². The van der Waals surface area contributed by atoms with E-state index in [-0.39, 0.29) is 10.5 Å². The number of rotatable bonds is 6. The highest BCUT2D eigenvalue weighted by Gasteiger charge is 2.23. The Morgan fingerprint density at radius 2 is 1.58 bits per heavy atom. The summed E-state index contributed by atoms with van der Waals surface area (Å²) in [5.41, 5.74) is 3.98. The first-order chi connectivity index (χ1) is 17.3. The number of aryl methyl sites for hydroxylation is 1. The summed E-state index contributed by atoms with van der Waals surface area (Å²) in [5, 5.41) is 2.96. The lowest BCUT2D eigenvalue weighted by Gasteiger charge is -2.19. The molecule has 1 N–H and O–H groups in total. The SMILES string of the molecule is Cc1ccn2c(NC(=O)c3cccc(S(=O)(=O)N(C)c4ccccc4)c3)c(-c3ccccc3)nc2c1. The Labute approximate surface area is 209 Å². The molecular formula is C28H24N4O3S. The summed E-state index contributed by atoms with van der Waals surface area (Å²) in [6, 6.07) is 28.3. The quantitative estimate of drug-likeness (QED) is 0.342. The number of hydrogen-bond acceptors (Lipinski definition) is 4. The highest BCUT2D eigenvalue weighted by molar-refractivity contribution is 7.92. The molecule has 2 heterocycles. The molecule has 3 aromatic carbocycles. The molecular weight excluding hydrogens is 472 g/mol. The summed E-state index contributed by atoms with van der Waals surface area (Å²) in [6.45, 7) is 1.98. The van der Waals surface area contributed by atoms with Gasteiger partial charge in [0.25, 0.3) is 15.9 Å². The maximum atomic E-state index is 13.4.